The molecule has 4 saturated carbocycles. The fourth-order valence-electron chi connectivity index (χ4n) is 8.74. The van der Waals surface area contributed by atoms with Crippen molar-refractivity contribution in [2.75, 3.05) is 6.61 Å². The van der Waals surface area contributed by atoms with Gasteiger partial charge in [0.05, 0.1) is 35.7 Å². The van der Waals surface area contributed by atoms with Crippen LogP contribution in [0.4, 0.5) is 0 Å². The largest absolute Gasteiger partial charge is 0.465 e. The molecule has 9 unspecified atom stereocenters. The molecule has 1 saturated heterocycles. The SMILES string of the molecule is CC12CCC3C(CCC4(O)CC(O)CCC34C=O)C1(O)CCC2C1COC(=O)C1. The summed E-state index contributed by atoms with van der Waals surface area (Å²) < 4.78 is 5.25. The third-order valence-corrected chi connectivity index (χ3v) is 10.2. The van der Waals surface area contributed by atoms with Gasteiger partial charge in [-0.2, -0.15) is 0 Å². The first kappa shape index (κ1) is 20.0. The number of carbonyl (C=O) groups excluding carboxylic acids is 2. The van der Waals surface area contributed by atoms with Crippen molar-refractivity contribution in [2.45, 2.75) is 88.4 Å². The van der Waals surface area contributed by atoms with Gasteiger partial charge in [0.2, 0.25) is 0 Å². The van der Waals surface area contributed by atoms with Gasteiger partial charge in [0.15, 0.2) is 0 Å². The third kappa shape index (κ3) is 2.40. The van der Waals surface area contributed by atoms with E-state index in [1.165, 1.54) is 0 Å². The molecule has 1 heterocycles. The Balaban J connectivity index is 1.49. The van der Waals surface area contributed by atoms with Gasteiger partial charge in [0, 0.05) is 12.3 Å². The highest BCUT2D eigenvalue weighted by Gasteiger charge is 2.71. The molecule has 0 aromatic heterocycles. The van der Waals surface area contributed by atoms with E-state index in [0.717, 1.165) is 25.5 Å². The number of esters is 1. The Morgan fingerprint density at radius 3 is 2.41 bits per heavy atom. The predicted molar refractivity (Wildman–Crippen MR) is 104 cm³/mol. The van der Waals surface area contributed by atoms with E-state index in [0.29, 0.717) is 45.1 Å². The molecule has 1 aliphatic heterocycles. The van der Waals surface area contributed by atoms with E-state index in [4.69, 9.17) is 4.74 Å². The summed E-state index contributed by atoms with van der Waals surface area (Å²) in [7, 11) is 0. The number of hydrogen-bond donors (Lipinski definition) is 3. The summed E-state index contributed by atoms with van der Waals surface area (Å²) in [5, 5.41) is 33.8. The molecule has 0 spiro atoms. The lowest BCUT2D eigenvalue weighted by Gasteiger charge is -2.65. The van der Waals surface area contributed by atoms with Gasteiger partial charge in [-0.15, -0.1) is 0 Å². The first-order valence-corrected chi connectivity index (χ1v) is 11.4. The average molecular weight is 407 g/mol. The summed E-state index contributed by atoms with van der Waals surface area (Å²) in [6, 6.07) is 0. The second kappa shape index (κ2) is 6.27. The summed E-state index contributed by atoms with van der Waals surface area (Å²) in [6.07, 6.45) is 6.46. The van der Waals surface area contributed by atoms with E-state index >= 15 is 0 Å². The molecule has 162 valence electrons. The number of aliphatic hydroxyl groups excluding tert-OH is 1. The van der Waals surface area contributed by atoms with Gasteiger partial charge in [-0.1, -0.05) is 6.92 Å². The van der Waals surface area contributed by atoms with Crippen molar-refractivity contribution in [3.63, 3.8) is 0 Å². The Morgan fingerprint density at radius 1 is 1.00 bits per heavy atom. The molecule has 0 radical (unpaired) electrons. The maximum atomic E-state index is 12.5. The minimum Gasteiger partial charge on any atom is -0.465 e. The number of rotatable bonds is 2. The van der Waals surface area contributed by atoms with Crippen molar-refractivity contribution in [3.05, 3.63) is 0 Å². The highest BCUT2D eigenvalue weighted by Crippen LogP contribution is 2.70. The zero-order valence-electron chi connectivity index (χ0n) is 17.3. The number of cyclic esters (lactones) is 1. The number of ether oxygens (including phenoxy) is 1. The van der Waals surface area contributed by atoms with Gasteiger partial charge >= 0.3 is 5.97 Å². The monoisotopic (exact) mass is 406 g/mol. The van der Waals surface area contributed by atoms with Crippen LogP contribution in [-0.4, -0.2) is 51.5 Å². The molecule has 5 aliphatic rings. The summed E-state index contributed by atoms with van der Waals surface area (Å²) in [5.41, 5.74) is -3.20. The molecule has 6 heteroatoms. The van der Waals surface area contributed by atoms with E-state index in [2.05, 4.69) is 6.92 Å². The molecule has 0 amide bonds. The van der Waals surface area contributed by atoms with Crippen LogP contribution in [-0.2, 0) is 14.3 Å². The van der Waals surface area contributed by atoms with Crippen LogP contribution in [0.5, 0.6) is 0 Å². The standard InChI is InChI=1S/C23H34O6/c1-20-6-3-17-18(4-8-22(27)11-15(25)2-7-21(17,22)13-24)23(20,28)9-5-16(20)14-10-19(26)29-12-14/h13-18,25,27-28H,2-12H2,1H3. The zero-order chi connectivity index (χ0) is 20.7. The fraction of sp³-hybridized carbons (Fsp3) is 0.913. The molecule has 5 rings (SSSR count). The van der Waals surface area contributed by atoms with Gasteiger partial charge in [-0.05, 0) is 74.5 Å². The second-order valence-corrected chi connectivity index (χ2v) is 11.0. The molecule has 29 heavy (non-hydrogen) atoms. The molecule has 5 fully saturated rings. The lowest BCUT2D eigenvalue weighted by atomic mass is 9.41. The topological polar surface area (TPSA) is 104 Å². The molecule has 0 aromatic carbocycles. The van der Waals surface area contributed by atoms with Crippen LogP contribution in [0.25, 0.3) is 0 Å². The van der Waals surface area contributed by atoms with Crippen molar-refractivity contribution >= 4 is 12.3 Å². The van der Waals surface area contributed by atoms with Crippen LogP contribution in [0.3, 0.4) is 0 Å². The van der Waals surface area contributed by atoms with E-state index in [-0.39, 0.29) is 41.5 Å². The fourth-order valence-corrected chi connectivity index (χ4v) is 8.74. The Kier molecular flexibility index (Phi) is 4.31. The molecule has 9 atom stereocenters. The van der Waals surface area contributed by atoms with Crippen molar-refractivity contribution in [2.24, 2.45) is 34.5 Å². The first-order chi connectivity index (χ1) is 13.7. The van der Waals surface area contributed by atoms with E-state index in [1.807, 2.05) is 0 Å². The minimum atomic E-state index is -1.17. The third-order valence-electron chi connectivity index (χ3n) is 10.2. The number of carbonyl (C=O) groups is 2. The maximum Gasteiger partial charge on any atom is 0.306 e. The van der Waals surface area contributed by atoms with Crippen LogP contribution in [0, 0.1) is 34.5 Å². The maximum absolute atomic E-state index is 12.5. The number of fused-ring (bicyclic) bond motifs is 5. The summed E-state index contributed by atoms with van der Waals surface area (Å²) in [4.78, 5) is 24.2. The molecule has 4 aliphatic carbocycles. The zero-order valence-corrected chi connectivity index (χ0v) is 17.3. The lowest BCUT2D eigenvalue weighted by molar-refractivity contribution is -0.250. The van der Waals surface area contributed by atoms with Crippen LogP contribution in [0.2, 0.25) is 0 Å². The van der Waals surface area contributed by atoms with E-state index in [1.54, 1.807) is 0 Å². The predicted octanol–water partition coefficient (Wildman–Crippen LogP) is 1.98. The normalized spacial score (nSPS) is 56.8. The molecule has 0 aromatic rings. The molecule has 6 nitrogen and oxygen atoms in total. The van der Waals surface area contributed by atoms with Crippen molar-refractivity contribution in [1.29, 1.82) is 0 Å². The van der Waals surface area contributed by atoms with Crippen LogP contribution in [0.15, 0.2) is 0 Å². The number of hydrogen-bond acceptors (Lipinski definition) is 6. The highest BCUT2D eigenvalue weighted by molar-refractivity contribution is 5.71. The van der Waals surface area contributed by atoms with Gasteiger partial charge in [0.25, 0.3) is 0 Å². The van der Waals surface area contributed by atoms with E-state index in [9.17, 15) is 24.9 Å². The highest BCUT2D eigenvalue weighted by atomic mass is 16.5. The van der Waals surface area contributed by atoms with Crippen molar-refractivity contribution in [3.8, 4) is 0 Å². The molecule has 3 N–H and O–H groups in total. The van der Waals surface area contributed by atoms with Gasteiger partial charge < -0.3 is 24.9 Å². The van der Waals surface area contributed by atoms with Crippen molar-refractivity contribution in [1.82, 2.24) is 0 Å². The Hall–Kier alpha value is -0.980. The Labute approximate surface area is 172 Å². The lowest BCUT2D eigenvalue weighted by Crippen LogP contribution is -2.68. The number of aldehydes is 1. The van der Waals surface area contributed by atoms with Gasteiger partial charge in [0.1, 0.15) is 6.29 Å². The summed E-state index contributed by atoms with van der Waals surface area (Å²) in [5.74, 6) is 0.213. The molecular weight excluding hydrogens is 372 g/mol. The van der Waals surface area contributed by atoms with Crippen molar-refractivity contribution < 1.29 is 29.6 Å². The minimum absolute atomic E-state index is 0.0232. The quantitative estimate of drug-likeness (QED) is 0.479. The average Bonchev–Trinajstić information content (AvgIpc) is 3.21. The number of aliphatic hydroxyl groups is 3. The van der Waals surface area contributed by atoms with Gasteiger partial charge in [-0.3, -0.25) is 4.79 Å². The summed E-state index contributed by atoms with van der Waals surface area (Å²) >= 11 is 0. The molecule has 0 bridgehead atoms. The van der Waals surface area contributed by atoms with Crippen LogP contribution < -0.4 is 0 Å². The molecular formula is C23H34O6. The second-order valence-electron chi connectivity index (χ2n) is 11.0. The first-order valence-electron chi connectivity index (χ1n) is 11.4. The van der Waals surface area contributed by atoms with Gasteiger partial charge in [-0.25, -0.2) is 0 Å². The van der Waals surface area contributed by atoms with Crippen LogP contribution >= 0.6 is 0 Å². The smallest absolute Gasteiger partial charge is 0.306 e. The Bertz CT molecular complexity index is 724. The summed E-state index contributed by atoms with van der Waals surface area (Å²) in [6.45, 7) is 2.64. The van der Waals surface area contributed by atoms with E-state index < -0.39 is 22.7 Å². The van der Waals surface area contributed by atoms with Crippen LogP contribution in [0.1, 0.15) is 71.1 Å². The Morgan fingerprint density at radius 2 is 1.72 bits per heavy atom.